The largest absolute Gasteiger partial charge is 0.401 e. The summed E-state index contributed by atoms with van der Waals surface area (Å²) in [6.07, 6.45) is -1.17. The van der Waals surface area contributed by atoms with E-state index in [0.29, 0.717) is 0 Å². The van der Waals surface area contributed by atoms with Gasteiger partial charge in [0.15, 0.2) is 0 Å². The van der Waals surface area contributed by atoms with E-state index in [0.717, 1.165) is 0 Å². The van der Waals surface area contributed by atoms with Crippen molar-refractivity contribution in [1.29, 1.82) is 0 Å². The van der Waals surface area contributed by atoms with Gasteiger partial charge in [0.25, 0.3) is 0 Å². The summed E-state index contributed by atoms with van der Waals surface area (Å²) in [7, 11) is -4.71. The molecule has 0 radical (unpaired) electrons. The molecule has 0 saturated heterocycles. The summed E-state index contributed by atoms with van der Waals surface area (Å²) in [5.74, 6) is 0. The fourth-order valence-corrected chi connectivity index (χ4v) is 1.98. The van der Waals surface area contributed by atoms with E-state index < -0.39 is 19.5 Å². The zero-order valence-corrected chi connectivity index (χ0v) is 9.90. The molecule has 1 unspecified atom stereocenters. The third-order valence-corrected chi connectivity index (χ3v) is 2.61. The molecule has 0 aromatic rings. The van der Waals surface area contributed by atoms with Crippen LogP contribution in [0.3, 0.4) is 0 Å². The molecule has 0 bridgehead atoms. The Kier molecular flexibility index (Phi) is 5.90. The Morgan fingerprint density at radius 1 is 1.33 bits per heavy atom. The van der Waals surface area contributed by atoms with Gasteiger partial charge in [0.2, 0.25) is 0 Å². The van der Waals surface area contributed by atoms with Crippen molar-refractivity contribution < 1.29 is 28.9 Å². The van der Waals surface area contributed by atoms with Gasteiger partial charge in [-0.15, -0.1) is 0 Å². The fourth-order valence-electron chi connectivity index (χ4n) is 1.03. The van der Waals surface area contributed by atoms with Crippen molar-refractivity contribution in [1.82, 2.24) is 5.32 Å². The first-order valence-electron chi connectivity index (χ1n) is 4.58. The summed E-state index contributed by atoms with van der Waals surface area (Å²) >= 11 is 0. The minimum absolute atomic E-state index is 0.0326. The number of nitrogens with one attached hydrogen (secondary N) is 1. The maximum absolute atomic E-state index is 11.2. The first kappa shape index (κ1) is 15.0. The highest BCUT2D eigenvalue weighted by molar-refractivity contribution is 7.53. The number of rotatable bonds is 7. The Morgan fingerprint density at radius 3 is 1.93 bits per heavy atom. The minimum atomic E-state index is -4.71. The molecule has 0 amide bonds. The molecule has 15 heavy (non-hydrogen) atoms. The van der Waals surface area contributed by atoms with Crippen LogP contribution in [0, 0.1) is 0 Å². The second-order valence-corrected chi connectivity index (χ2v) is 4.49. The molecule has 8 heteroatoms. The normalized spacial score (nSPS) is 15.3. The van der Waals surface area contributed by atoms with Crippen LogP contribution in [0.25, 0.3) is 0 Å². The molecule has 1 atom stereocenters. The summed E-state index contributed by atoms with van der Waals surface area (Å²) in [6, 6.07) is 0. The molecule has 0 aliphatic heterocycles. The molecule has 0 fully saturated rings. The van der Waals surface area contributed by atoms with Crippen molar-refractivity contribution in [3.63, 3.8) is 0 Å². The van der Waals surface area contributed by atoms with Crippen molar-refractivity contribution >= 4 is 7.60 Å². The van der Waals surface area contributed by atoms with E-state index in [2.05, 4.69) is 5.32 Å². The molecular weight excluding hydrogens is 225 g/mol. The highest BCUT2D eigenvalue weighted by atomic mass is 31.2. The van der Waals surface area contributed by atoms with Gasteiger partial charge >= 0.3 is 13.2 Å². The zero-order valence-electron chi connectivity index (χ0n) is 9.01. The van der Waals surface area contributed by atoms with Gasteiger partial charge in [0.05, 0.1) is 0 Å². The van der Waals surface area contributed by atoms with Crippen molar-refractivity contribution in [2.75, 3.05) is 13.2 Å². The minimum Gasteiger partial charge on any atom is -0.379 e. The van der Waals surface area contributed by atoms with E-state index in [-0.39, 0.29) is 13.2 Å². The average Bonchev–Trinajstić information content (AvgIpc) is 2.01. The van der Waals surface area contributed by atoms with E-state index in [9.17, 15) is 4.57 Å². The van der Waals surface area contributed by atoms with Crippen LogP contribution in [0.4, 0.5) is 0 Å². The average molecular weight is 243 g/mol. The van der Waals surface area contributed by atoms with Crippen molar-refractivity contribution in [2.45, 2.75) is 32.7 Å². The van der Waals surface area contributed by atoms with Crippen molar-refractivity contribution in [3.05, 3.63) is 0 Å². The maximum atomic E-state index is 11.2. The Hall–Kier alpha value is -0.0100. The summed E-state index contributed by atoms with van der Waals surface area (Å²) in [4.78, 5) is 18.3. The number of hydrogen-bond acceptors (Lipinski definition) is 5. The Morgan fingerprint density at radius 2 is 1.73 bits per heavy atom. The first-order valence-corrected chi connectivity index (χ1v) is 6.19. The Labute approximate surface area is 88.6 Å². The summed E-state index contributed by atoms with van der Waals surface area (Å²) in [5, 5.41) is 11.3. The van der Waals surface area contributed by atoms with Gasteiger partial charge in [-0.1, -0.05) is 0 Å². The smallest absolute Gasteiger partial charge is 0.379 e. The molecule has 0 heterocycles. The second-order valence-electron chi connectivity index (χ2n) is 2.81. The van der Waals surface area contributed by atoms with Crippen LogP contribution in [0.5, 0.6) is 0 Å². The van der Waals surface area contributed by atoms with Gasteiger partial charge < -0.3 is 24.4 Å². The molecule has 0 aromatic carbocycles. The van der Waals surface area contributed by atoms with Crippen LogP contribution < -0.4 is 5.32 Å². The highest BCUT2D eigenvalue weighted by Gasteiger charge is 2.50. The van der Waals surface area contributed by atoms with Crippen LogP contribution in [0.15, 0.2) is 0 Å². The van der Waals surface area contributed by atoms with Gasteiger partial charge in [0, 0.05) is 13.2 Å². The lowest BCUT2D eigenvalue weighted by atomic mass is 10.6. The quantitative estimate of drug-likeness (QED) is 0.361. The van der Waals surface area contributed by atoms with Gasteiger partial charge in [-0.05, 0) is 20.8 Å². The molecular formula is C7H18NO6P. The van der Waals surface area contributed by atoms with Gasteiger partial charge in [-0.3, -0.25) is 4.57 Å². The number of aliphatic hydroxyl groups is 1. The Bertz CT molecular complexity index is 222. The second kappa shape index (κ2) is 5.91. The van der Waals surface area contributed by atoms with Crippen LogP contribution in [0.2, 0.25) is 0 Å². The molecule has 0 rings (SSSR count). The lowest BCUT2D eigenvalue weighted by Gasteiger charge is -2.34. The number of hydrogen-bond donors (Lipinski definition) is 4. The summed E-state index contributed by atoms with van der Waals surface area (Å²) in [6.45, 7) is 4.50. The van der Waals surface area contributed by atoms with Gasteiger partial charge in [-0.25, -0.2) is 5.32 Å². The van der Waals surface area contributed by atoms with Crippen LogP contribution in [-0.2, 0) is 14.0 Å². The molecule has 0 aromatic heterocycles. The standard InChI is InChI=1S/C7H18NO6P/c1-4-13-7(14-5-2,8-6(3)9)15(10,11)12/h6,8-9H,4-5H2,1-3H3,(H2,10,11,12). The van der Waals surface area contributed by atoms with Crippen molar-refractivity contribution in [2.24, 2.45) is 0 Å². The van der Waals surface area contributed by atoms with Crippen LogP contribution in [-0.4, -0.2) is 40.0 Å². The molecule has 0 saturated carbocycles. The molecule has 0 aliphatic rings. The molecule has 4 N–H and O–H groups in total. The third-order valence-electron chi connectivity index (χ3n) is 1.45. The molecule has 7 nitrogen and oxygen atoms in total. The number of ether oxygens (including phenoxy) is 2. The first-order chi connectivity index (χ1) is 6.79. The molecule has 0 spiro atoms. The number of aliphatic hydroxyl groups excluding tert-OH is 1. The van der Waals surface area contributed by atoms with Crippen LogP contribution >= 0.6 is 7.60 Å². The van der Waals surface area contributed by atoms with E-state index in [4.69, 9.17) is 24.4 Å². The van der Waals surface area contributed by atoms with E-state index in [1.165, 1.54) is 6.92 Å². The molecule has 92 valence electrons. The van der Waals surface area contributed by atoms with Crippen LogP contribution in [0.1, 0.15) is 20.8 Å². The van der Waals surface area contributed by atoms with E-state index in [1.807, 2.05) is 0 Å². The lowest BCUT2D eigenvalue weighted by molar-refractivity contribution is -0.218. The van der Waals surface area contributed by atoms with E-state index >= 15 is 0 Å². The van der Waals surface area contributed by atoms with E-state index in [1.54, 1.807) is 13.8 Å². The van der Waals surface area contributed by atoms with Gasteiger partial charge in [0.1, 0.15) is 6.23 Å². The lowest BCUT2D eigenvalue weighted by Crippen LogP contribution is -2.53. The maximum Gasteiger partial charge on any atom is 0.401 e. The molecule has 0 aliphatic carbocycles. The third kappa shape index (κ3) is 4.16. The van der Waals surface area contributed by atoms with Gasteiger partial charge in [-0.2, -0.15) is 0 Å². The predicted molar refractivity (Wildman–Crippen MR) is 52.8 cm³/mol. The zero-order chi connectivity index (χ0) is 12.1. The highest BCUT2D eigenvalue weighted by Crippen LogP contribution is 2.50. The monoisotopic (exact) mass is 243 g/mol. The topological polar surface area (TPSA) is 108 Å². The Balaban J connectivity index is 4.98. The summed E-state index contributed by atoms with van der Waals surface area (Å²) < 4.78 is 21.0. The van der Waals surface area contributed by atoms with Crippen molar-refractivity contribution in [3.8, 4) is 0 Å². The predicted octanol–water partition coefficient (Wildman–Crippen LogP) is -0.224. The summed E-state index contributed by atoms with van der Waals surface area (Å²) in [5.41, 5.74) is -2.27. The SMILES string of the molecule is CCOC(NC(C)O)(OCC)P(=O)(O)O. The fraction of sp³-hybridized carbons (Fsp3) is 1.00.